The molecule has 0 saturated heterocycles. The zero-order chi connectivity index (χ0) is 14.8. The van der Waals surface area contributed by atoms with E-state index < -0.39 is 18.0 Å². The van der Waals surface area contributed by atoms with Crippen LogP contribution in [0.15, 0.2) is 42.5 Å². The third kappa shape index (κ3) is 2.47. The minimum atomic E-state index is -0.733. The molecule has 0 bridgehead atoms. The Bertz CT molecular complexity index is 777. The molecule has 21 heavy (non-hydrogen) atoms. The average molecular weight is 279 g/mol. The van der Waals surface area contributed by atoms with Crippen LogP contribution in [0.25, 0.3) is 0 Å². The first-order chi connectivity index (χ1) is 10.1. The number of cyclic esters (lactones) is 2. The van der Waals surface area contributed by atoms with Crippen molar-refractivity contribution < 1.29 is 19.1 Å². The van der Waals surface area contributed by atoms with E-state index in [1.165, 1.54) is 18.2 Å². The molecular weight excluding hydrogens is 270 g/mol. The van der Waals surface area contributed by atoms with Gasteiger partial charge in [0, 0.05) is 5.56 Å². The van der Waals surface area contributed by atoms with Crippen molar-refractivity contribution >= 4 is 17.8 Å². The molecule has 1 heterocycles. The summed E-state index contributed by atoms with van der Waals surface area (Å²) in [5, 5.41) is 2.72. The van der Waals surface area contributed by atoms with Crippen LogP contribution in [-0.4, -0.2) is 23.9 Å². The summed E-state index contributed by atoms with van der Waals surface area (Å²) in [6.07, 6.45) is 6.98. The fourth-order valence-electron chi connectivity index (χ4n) is 2.00. The van der Waals surface area contributed by atoms with Crippen LogP contribution in [0.1, 0.15) is 31.1 Å². The van der Waals surface area contributed by atoms with Crippen molar-refractivity contribution in [3.05, 3.63) is 59.2 Å². The molecule has 1 aliphatic carbocycles. The number of hydrogen-bond donors (Lipinski definition) is 1. The van der Waals surface area contributed by atoms with Crippen LogP contribution < -0.4 is 5.32 Å². The largest absolute Gasteiger partial charge is 0.386 e. The van der Waals surface area contributed by atoms with Gasteiger partial charge < -0.3 is 10.1 Å². The number of rotatable bonds is 2. The topological polar surface area (TPSA) is 72.5 Å². The maximum Gasteiger partial charge on any atom is 0.346 e. The van der Waals surface area contributed by atoms with Gasteiger partial charge in [0.2, 0.25) is 0 Å². The molecule has 1 aromatic carbocycles. The third-order valence-corrected chi connectivity index (χ3v) is 3.03. The molecule has 1 atom stereocenters. The number of esters is 2. The Balaban J connectivity index is 1.82. The first-order valence-corrected chi connectivity index (χ1v) is 6.21. The fraction of sp³-hybridized carbons (Fsp3) is 0.0625. The van der Waals surface area contributed by atoms with Crippen LogP contribution in [-0.2, 0) is 4.74 Å². The van der Waals surface area contributed by atoms with Crippen molar-refractivity contribution in [3.8, 4) is 11.8 Å². The second kappa shape index (κ2) is 5.10. The van der Waals surface area contributed by atoms with E-state index in [4.69, 9.17) is 0 Å². The quantitative estimate of drug-likeness (QED) is 0.502. The number of fused-ring (bicyclic) bond motifs is 1. The highest BCUT2D eigenvalue weighted by atomic mass is 16.6. The van der Waals surface area contributed by atoms with Gasteiger partial charge >= 0.3 is 11.9 Å². The molecule has 1 aliphatic heterocycles. The highest BCUT2D eigenvalue weighted by Gasteiger charge is 2.30. The standard InChI is InChI=1S/C16H9NO4/c18-14(17-11-5-3-1-2-4-6-11)10-7-8-12-13(9-10)16(20)21-15(12)19/h1-3,5,7-9,11H,(H,17,18). The summed E-state index contributed by atoms with van der Waals surface area (Å²) in [4.78, 5) is 34.9. The van der Waals surface area contributed by atoms with Crippen molar-refractivity contribution in [2.45, 2.75) is 6.04 Å². The van der Waals surface area contributed by atoms with E-state index in [0.29, 0.717) is 0 Å². The number of benzene rings is 1. The molecule has 1 aromatic rings. The van der Waals surface area contributed by atoms with Crippen LogP contribution in [0.3, 0.4) is 0 Å². The molecule has 0 aromatic heterocycles. The SMILES string of the molecule is O=C(NC1C#CC=CC=C1)c1ccc2c(c1)C(=O)OC2=O. The molecule has 1 unspecified atom stereocenters. The van der Waals surface area contributed by atoms with Gasteiger partial charge in [0.15, 0.2) is 0 Å². The Morgan fingerprint density at radius 2 is 1.95 bits per heavy atom. The lowest BCUT2D eigenvalue weighted by Gasteiger charge is -2.09. The van der Waals surface area contributed by atoms with Crippen LogP contribution in [0.5, 0.6) is 0 Å². The number of carbonyl (C=O) groups is 3. The highest BCUT2D eigenvalue weighted by Crippen LogP contribution is 2.21. The highest BCUT2D eigenvalue weighted by molar-refractivity contribution is 6.15. The molecule has 0 saturated carbocycles. The second-order valence-corrected chi connectivity index (χ2v) is 4.42. The van der Waals surface area contributed by atoms with E-state index in [2.05, 4.69) is 21.9 Å². The zero-order valence-electron chi connectivity index (χ0n) is 10.8. The molecule has 5 heteroatoms. The minimum absolute atomic E-state index is 0.108. The van der Waals surface area contributed by atoms with Crippen LogP contribution in [0.4, 0.5) is 0 Å². The Kier molecular flexibility index (Phi) is 3.13. The first-order valence-electron chi connectivity index (χ1n) is 6.21. The predicted octanol–water partition coefficient (Wildman–Crippen LogP) is 1.23. The van der Waals surface area contributed by atoms with E-state index in [1.54, 1.807) is 24.3 Å². The van der Waals surface area contributed by atoms with Crippen molar-refractivity contribution in [1.29, 1.82) is 0 Å². The molecule has 5 nitrogen and oxygen atoms in total. The Morgan fingerprint density at radius 1 is 1.14 bits per heavy atom. The number of amides is 1. The fourth-order valence-corrected chi connectivity index (χ4v) is 2.00. The maximum absolute atomic E-state index is 12.1. The summed E-state index contributed by atoms with van der Waals surface area (Å²) in [5.74, 6) is 3.83. The Labute approximate surface area is 120 Å². The van der Waals surface area contributed by atoms with Crippen LogP contribution in [0.2, 0.25) is 0 Å². The van der Waals surface area contributed by atoms with Crippen molar-refractivity contribution in [3.63, 3.8) is 0 Å². The van der Waals surface area contributed by atoms with Gasteiger partial charge in [-0.15, -0.1) is 0 Å². The number of nitrogens with one attached hydrogen (secondary N) is 1. The third-order valence-electron chi connectivity index (χ3n) is 3.03. The van der Waals surface area contributed by atoms with Crippen molar-refractivity contribution in [2.75, 3.05) is 0 Å². The smallest absolute Gasteiger partial charge is 0.346 e. The lowest BCUT2D eigenvalue weighted by molar-refractivity contribution is 0.0443. The van der Waals surface area contributed by atoms with E-state index in [0.717, 1.165) is 0 Å². The number of hydrogen-bond acceptors (Lipinski definition) is 4. The van der Waals surface area contributed by atoms with Gasteiger partial charge in [-0.25, -0.2) is 9.59 Å². The van der Waals surface area contributed by atoms with Gasteiger partial charge in [-0.05, 0) is 24.3 Å². The molecule has 0 fully saturated rings. The summed E-state index contributed by atoms with van der Waals surface area (Å²) in [6, 6.07) is 3.83. The van der Waals surface area contributed by atoms with Gasteiger partial charge in [0.05, 0.1) is 11.1 Å². The second-order valence-electron chi connectivity index (χ2n) is 4.42. The maximum atomic E-state index is 12.1. The number of carbonyl (C=O) groups excluding carboxylic acids is 3. The summed E-state index contributed by atoms with van der Waals surface area (Å²) < 4.78 is 4.48. The number of ether oxygens (including phenoxy) is 1. The van der Waals surface area contributed by atoms with E-state index >= 15 is 0 Å². The van der Waals surface area contributed by atoms with Gasteiger partial charge in [0.1, 0.15) is 6.04 Å². The van der Waals surface area contributed by atoms with Gasteiger partial charge in [0.25, 0.3) is 5.91 Å². The summed E-state index contributed by atoms with van der Waals surface area (Å²) in [5.41, 5.74) is 0.555. The predicted molar refractivity (Wildman–Crippen MR) is 73.5 cm³/mol. The summed E-state index contributed by atoms with van der Waals surface area (Å²) in [6.45, 7) is 0. The normalized spacial score (nSPS) is 18.4. The Morgan fingerprint density at radius 3 is 2.81 bits per heavy atom. The van der Waals surface area contributed by atoms with Crippen LogP contribution >= 0.6 is 0 Å². The Hall–Kier alpha value is -3.13. The number of allylic oxidation sites excluding steroid dienone is 3. The average Bonchev–Trinajstić information content (AvgIpc) is 2.67. The van der Waals surface area contributed by atoms with Gasteiger partial charge in [-0.3, -0.25) is 4.79 Å². The lowest BCUT2D eigenvalue weighted by atomic mass is 10.0. The zero-order valence-corrected chi connectivity index (χ0v) is 10.8. The summed E-state index contributed by atoms with van der Waals surface area (Å²) >= 11 is 0. The summed E-state index contributed by atoms with van der Waals surface area (Å²) in [7, 11) is 0. The monoisotopic (exact) mass is 279 g/mol. The first kappa shape index (κ1) is 12.9. The van der Waals surface area contributed by atoms with Crippen molar-refractivity contribution in [2.24, 2.45) is 0 Å². The molecule has 1 amide bonds. The molecule has 2 aliphatic rings. The molecule has 0 radical (unpaired) electrons. The van der Waals surface area contributed by atoms with Crippen molar-refractivity contribution in [1.82, 2.24) is 5.32 Å². The van der Waals surface area contributed by atoms with Gasteiger partial charge in [-0.1, -0.05) is 30.1 Å². The van der Waals surface area contributed by atoms with E-state index in [-0.39, 0.29) is 22.6 Å². The van der Waals surface area contributed by atoms with Crippen LogP contribution in [0, 0.1) is 11.8 Å². The molecule has 3 rings (SSSR count). The van der Waals surface area contributed by atoms with E-state index in [9.17, 15) is 14.4 Å². The lowest BCUT2D eigenvalue weighted by Crippen LogP contribution is -2.32. The molecule has 1 N–H and O–H groups in total. The molecule has 0 spiro atoms. The molecular formula is C16H9NO4. The minimum Gasteiger partial charge on any atom is -0.386 e. The molecule has 102 valence electrons. The van der Waals surface area contributed by atoms with Gasteiger partial charge in [-0.2, -0.15) is 0 Å². The van der Waals surface area contributed by atoms with E-state index in [1.807, 2.05) is 0 Å².